The maximum atomic E-state index is 11.1. The molecule has 2 aromatic carbocycles. The SMILES string of the molecule is Cc1ccc(Nc2ccc(NS(C)(=O)=O)cc2)c(Br)c1. The number of benzene rings is 2. The second-order valence-electron chi connectivity index (χ2n) is 4.56. The molecule has 0 aliphatic heterocycles. The maximum Gasteiger partial charge on any atom is 0.229 e. The molecule has 2 aromatic rings. The van der Waals surface area contributed by atoms with E-state index in [1.165, 1.54) is 5.56 Å². The zero-order chi connectivity index (χ0) is 14.8. The van der Waals surface area contributed by atoms with E-state index in [2.05, 4.69) is 26.0 Å². The third-order valence-electron chi connectivity index (χ3n) is 2.59. The first-order chi connectivity index (χ1) is 9.33. The summed E-state index contributed by atoms with van der Waals surface area (Å²) in [5.41, 5.74) is 3.56. The minimum Gasteiger partial charge on any atom is -0.355 e. The Balaban J connectivity index is 2.14. The molecule has 0 heterocycles. The minimum atomic E-state index is -3.24. The molecule has 0 fully saturated rings. The first kappa shape index (κ1) is 14.9. The summed E-state index contributed by atoms with van der Waals surface area (Å²) in [6, 6.07) is 13.1. The van der Waals surface area contributed by atoms with Crippen LogP contribution in [0.25, 0.3) is 0 Å². The van der Waals surface area contributed by atoms with Gasteiger partial charge in [0.2, 0.25) is 10.0 Å². The average Bonchev–Trinajstić information content (AvgIpc) is 2.33. The van der Waals surface area contributed by atoms with Gasteiger partial charge >= 0.3 is 0 Å². The number of rotatable bonds is 4. The van der Waals surface area contributed by atoms with Crippen molar-refractivity contribution in [3.05, 3.63) is 52.5 Å². The lowest BCUT2D eigenvalue weighted by atomic mass is 10.2. The van der Waals surface area contributed by atoms with E-state index in [0.29, 0.717) is 5.69 Å². The molecule has 20 heavy (non-hydrogen) atoms. The summed E-state index contributed by atoms with van der Waals surface area (Å²) in [6.45, 7) is 2.03. The Bertz CT molecular complexity index is 712. The number of hydrogen-bond donors (Lipinski definition) is 2. The monoisotopic (exact) mass is 354 g/mol. The highest BCUT2D eigenvalue weighted by Crippen LogP contribution is 2.27. The van der Waals surface area contributed by atoms with Crippen LogP contribution in [-0.4, -0.2) is 14.7 Å². The van der Waals surface area contributed by atoms with Crippen LogP contribution < -0.4 is 10.0 Å². The molecular formula is C14H15BrN2O2S. The van der Waals surface area contributed by atoms with Gasteiger partial charge in [-0.1, -0.05) is 6.07 Å². The Labute approximate surface area is 127 Å². The zero-order valence-corrected chi connectivity index (χ0v) is 13.5. The highest BCUT2D eigenvalue weighted by Gasteiger charge is 2.03. The third kappa shape index (κ3) is 4.25. The predicted molar refractivity (Wildman–Crippen MR) is 87.1 cm³/mol. The van der Waals surface area contributed by atoms with Crippen LogP contribution >= 0.6 is 15.9 Å². The number of aryl methyl sites for hydroxylation is 1. The molecule has 6 heteroatoms. The smallest absolute Gasteiger partial charge is 0.229 e. The van der Waals surface area contributed by atoms with E-state index in [1.807, 2.05) is 37.3 Å². The van der Waals surface area contributed by atoms with Crippen molar-refractivity contribution in [2.24, 2.45) is 0 Å². The summed E-state index contributed by atoms with van der Waals surface area (Å²) in [7, 11) is -3.24. The van der Waals surface area contributed by atoms with Gasteiger partial charge in [0.05, 0.1) is 11.9 Å². The highest BCUT2D eigenvalue weighted by molar-refractivity contribution is 9.10. The van der Waals surface area contributed by atoms with Gasteiger partial charge in [-0.25, -0.2) is 8.42 Å². The molecule has 106 valence electrons. The zero-order valence-electron chi connectivity index (χ0n) is 11.1. The first-order valence-corrected chi connectivity index (χ1v) is 8.63. The van der Waals surface area contributed by atoms with Crippen LogP contribution in [0.5, 0.6) is 0 Å². The highest BCUT2D eigenvalue weighted by atomic mass is 79.9. The van der Waals surface area contributed by atoms with E-state index < -0.39 is 10.0 Å². The Kier molecular flexibility index (Phi) is 4.35. The molecule has 0 aromatic heterocycles. The van der Waals surface area contributed by atoms with Crippen molar-refractivity contribution < 1.29 is 8.42 Å². The van der Waals surface area contributed by atoms with Crippen LogP contribution in [0.4, 0.5) is 17.1 Å². The topological polar surface area (TPSA) is 58.2 Å². The van der Waals surface area contributed by atoms with E-state index in [4.69, 9.17) is 0 Å². The fraction of sp³-hybridized carbons (Fsp3) is 0.143. The van der Waals surface area contributed by atoms with Crippen LogP contribution in [0.2, 0.25) is 0 Å². The van der Waals surface area contributed by atoms with Gasteiger partial charge in [-0.15, -0.1) is 0 Å². The van der Waals surface area contributed by atoms with E-state index in [0.717, 1.165) is 22.1 Å². The van der Waals surface area contributed by atoms with Crippen LogP contribution in [0.15, 0.2) is 46.9 Å². The van der Waals surface area contributed by atoms with Crippen molar-refractivity contribution in [3.63, 3.8) is 0 Å². The van der Waals surface area contributed by atoms with Crippen molar-refractivity contribution in [1.29, 1.82) is 0 Å². The van der Waals surface area contributed by atoms with Gasteiger partial charge in [0, 0.05) is 15.8 Å². The molecule has 0 atom stereocenters. The summed E-state index contributed by atoms with van der Waals surface area (Å²) in [4.78, 5) is 0. The molecule has 0 saturated carbocycles. The lowest BCUT2D eigenvalue weighted by molar-refractivity contribution is 0.607. The van der Waals surface area contributed by atoms with Gasteiger partial charge in [-0.2, -0.15) is 0 Å². The first-order valence-electron chi connectivity index (χ1n) is 5.94. The Morgan fingerprint density at radius 3 is 2.15 bits per heavy atom. The van der Waals surface area contributed by atoms with Crippen molar-refractivity contribution in [3.8, 4) is 0 Å². The molecule has 0 spiro atoms. The van der Waals surface area contributed by atoms with E-state index in [-0.39, 0.29) is 0 Å². The molecule has 2 rings (SSSR count). The molecule has 2 N–H and O–H groups in total. The third-order valence-corrected chi connectivity index (χ3v) is 3.85. The number of halogens is 1. The Morgan fingerprint density at radius 2 is 1.60 bits per heavy atom. The molecular weight excluding hydrogens is 340 g/mol. The van der Waals surface area contributed by atoms with Gasteiger partial charge in [0.15, 0.2) is 0 Å². The van der Waals surface area contributed by atoms with Crippen molar-refractivity contribution in [1.82, 2.24) is 0 Å². The normalized spacial score (nSPS) is 11.2. The second-order valence-corrected chi connectivity index (χ2v) is 7.16. The van der Waals surface area contributed by atoms with Crippen LogP contribution in [0.3, 0.4) is 0 Å². The predicted octanol–water partition coefficient (Wildman–Crippen LogP) is 3.87. The van der Waals surface area contributed by atoms with Crippen molar-refractivity contribution in [2.75, 3.05) is 16.3 Å². The van der Waals surface area contributed by atoms with Crippen LogP contribution in [-0.2, 0) is 10.0 Å². The lowest BCUT2D eigenvalue weighted by Gasteiger charge is -2.10. The molecule has 0 unspecified atom stereocenters. The molecule has 0 radical (unpaired) electrons. The molecule has 0 amide bonds. The molecule has 0 aliphatic carbocycles. The van der Waals surface area contributed by atoms with Crippen LogP contribution in [0.1, 0.15) is 5.56 Å². The molecule has 0 saturated heterocycles. The fourth-order valence-electron chi connectivity index (χ4n) is 1.71. The van der Waals surface area contributed by atoms with Gasteiger partial charge in [-0.3, -0.25) is 4.72 Å². The molecule has 0 bridgehead atoms. The molecule has 0 aliphatic rings. The van der Waals surface area contributed by atoms with Gasteiger partial charge < -0.3 is 5.32 Å². The standard InChI is InChI=1S/C14H15BrN2O2S/c1-10-3-8-14(13(15)9-10)16-11-4-6-12(7-5-11)17-20(2,18)19/h3-9,16-17H,1-2H3. The number of hydrogen-bond acceptors (Lipinski definition) is 3. The summed E-state index contributed by atoms with van der Waals surface area (Å²) in [5.74, 6) is 0. The second kappa shape index (κ2) is 5.85. The fourth-order valence-corrected chi connectivity index (χ4v) is 2.87. The quantitative estimate of drug-likeness (QED) is 0.875. The van der Waals surface area contributed by atoms with E-state index in [9.17, 15) is 8.42 Å². The van der Waals surface area contributed by atoms with Gasteiger partial charge in [-0.05, 0) is 64.8 Å². The Hall–Kier alpha value is -1.53. The maximum absolute atomic E-state index is 11.1. The van der Waals surface area contributed by atoms with Crippen LogP contribution in [0, 0.1) is 6.92 Å². The van der Waals surface area contributed by atoms with E-state index >= 15 is 0 Å². The number of anilines is 3. The van der Waals surface area contributed by atoms with Crippen molar-refractivity contribution >= 4 is 43.0 Å². The summed E-state index contributed by atoms with van der Waals surface area (Å²) in [6.07, 6.45) is 1.13. The van der Waals surface area contributed by atoms with Gasteiger partial charge in [0.25, 0.3) is 0 Å². The number of sulfonamides is 1. The lowest BCUT2D eigenvalue weighted by Crippen LogP contribution is -2.09. The Morgan fingerprint density at radius 1 is 1.00 bits per heavy atom. The summed E-state index contributed by atoms with van der Waals surface area (Å²) >= 11 is 3.50. The number of nitrogens with one attached hydrogen (secondary N) is 2. The average molecular weight is 355 g/mol. The van der Waals surface area contributed by atoms with E-state index in [1.54, 1.807) is 12.1 Å². The van der Waals surface area contributed by atoms with Crippen molar-refractivity contribution in [2.45, 2.75) is 6.92 Å². The largest absolute Gasteiger partial charge is 0.355 e. The molecule has 4 nitrogen and oxygen atoms in total. The minimum absolute atomic E-state index is 0.543. The summed E-state index contributed by atoms with van der Waals surface area (Å²) < 4.78 is 25.6. The van der Waals surface area contributed by atoms with Gasteiger partial charge in [0.1, 0.15) is 0 Å². The summed E-state index contributed by atoms with van der Waals surface area (Å²) in [5, 5.41) is 3.27.